The van der Waals surface area contributed by atoms with Gasteiger partial charge in [-0.1, -0.05) is 55.8 Å². The van der Waals surface area contributed by atoms with Crippen LogP contribution in [0, 0.1) is 5.92 Å². The molecule has 2 amide bonds. The number of benzene rings is 2. The van der Waals surface area contributed by atoms with Crippen molar-refractivity contribution in [1.29, 1.82) is 0 Å². The fraction of sp³-hybridized carbons (Fsp3) is 0.333. The maximum Gasteiger partial charge on any atom is 0.258 e. The van der Waals surface area contributed by atoms with Crippen LogP contribution in [0.2, 0.25) is 5.02 Å². The first-order valence-corrected chi connectivity index (χ1v) is 11.0. The molecule has 3 rings (SSSR count). The van der Waals surface area contributed by atoms with E-state index in [0.717, 1.165) is 5.56 Å². The lowest BCUT2D eigenvalue weighted by atomic mass is 10.0. The van der Waals surface area contributed by atoms with Crippen molar-refractivity contribution in [3.63, 3.8) is 0 Å². The molecule has 2 N–H and O–H groups in total. The van der Waals surface area contributed by atoms with E-state index in [9.17, 15) is 14.4 Å². The normalized spacial score (nSPS) is 12.0. The smallest absolute Gasteiger partial charge is 0.258 e. The lowest BCUT2D eigenvalue weighted by Crippen LogP contribution is -2.51. The van der Waals surface area contributed by atoms with E-state index in [0.29, 0.717) is 28.3 Å². The van der Waals surface area contributed by atoms with Crippen LogP contribution in [0.3, 0.4) is 0 Å². The second-order valence-corrected chi connectivity index (χ2v) is 8.41. The molecule has 0 spiro atoms. The Kier molecular flexibility index (Phi) is 7.64. The number of fused-ring (bicyclic) bond motifs is 1. The van der Waals surface area contributed by atoms with Crippen molar-refractivity contribution >= 4 is 34.3 Å². The van der Waals surface area contributed by atoms with Crippen molar-refractivity contribution in [3.05, 3.63) is 75.3 Å². The molecule has 1 aromatic heterocycles. The number of nitrogens with zero attached hydrogens (tertiary/aromatic N) is 2. The molecule has 7 nitrogen and oxygen atoms in total. The molecule has 0 radical (unpaired) electrons. The lowest BCUT2D eigenvalue weighted by molar-refractivity contribution is -0.138. The largest absolute Gasteiger partial charge is 0.344 e. The maximum absolute atomic E-state index is 13.3. The lowest BCUT2D eigenvalue weighted by Gasteiger charge is -2.29. The molecule has 1 heterocycles. The highest BCUT2D eigenvalue weighted by atomic mass is 35.5. The Balaban J connectivity index is 1.77. The first kappa shape index (κ1) is 23.5. The highest BCUT2D eigenvalue weighted by molar-refractivity contribution is 6.31. The van der Waals surface area contributed by atoms with Crippen molar-refractivity contribution in [3.8, 4) is 0 Å². The van der Waals surface area contributed by atoms with Crippen molar-refractivity contribution in [2.75, 3.05) is 6.54 Å². The minimum atomic E-state index is -0.687. The number of carbonyl (C=O) groups is 2. The maximum atomic E-state index is 13.3. The molecule has 1 unspecified atom stereocenters. The van der Waals surface area contributed by atoms with Crippen molar-refractivity contribution < 1.29 is 9.59 Å². The standard InChI is InChI=1S/C24H27ClN4O3/c1-4-29(14-20-26-19-13-17(25)10-11-18(19)23(31)27-20)24(32)22(15(2)3)28-21(30)12-16-8-6-5-7-9-16/h5-11,13,15,22H,4,12,14H2,1-3H3,(H,28,30)(H,26,27,31). The third-order valence-corrected chi connectivity index (χ3v) is 5.44. The van der Waals surface area contributed by atoms with E-state index >= 15 is 0 Å². The van der Waals surface area contributed by atoms with Crippen LogP contribution < -0.4 is 10.9 Å². The van der Waals surface area contributed by atoms with E-state index in [1.165, 1.54) is 0 Å². The second-order valence-electron chi connectivity index (χ2n) is 7.98. The number of hydrogen-bond donors (Lipinski definition) is 2. The Morgan fingerprint density at radius 1 is 1.16 bits per heavy atom. The van der Waals surface area contributed by atoms with Crippen molar-refractivity contribution in [2.45, 2.75) is 39.8 Å². The van der Waals surface area contributed by atoms with Crippen LogP contribution in [0.5, 0.6) is 0 Å². The summed E-state index contributed by atoms with van der Waals surface area (Å²) in [6.45, 7) is 6.13. The molecule has 168 valence electrons. The predicted octanol–water partition coefficient (Wildman–Crippen LogP) is 3.31. The Morgan fingerprint density at radius 3 is 2.53 bits per heavy atom. The SMILES string of the molecule is CCN(Cc1nc2cc(Cl)ccc2c(=O)[nH]1)C(=O)C(NC(=O)Cc1ccccc1)C(C)C. The summed E-state index contributed by atoms with van der Waals surface area (Å²) in [7, 11) is 0. The highest BCUT2D eigenvalue weighted by Crippen LogP contribution is 2.16. The number of H-pyrrole nitrogens is 1. The van der Waals surface area contributed by atoms with Crippen LogP contribution >= 0.6 is 11.6 Å². The van der Waals surface area contributed by atoms with Crippen LogP contribution in [-0.2, 0) is 22.6 Å². The number of likely N-dealkylation sites (N-methyl/N-ethyl adjacent to an activating group) is 1. The molecular formula is C24H27ClN4O3. The predicted molar refractivity (Wildman–Crippen MR) is 125 cm³/mol. The van der Waals surface area contributed by atoms with E-state index in [-0.39, 0.29) is 36.3 Å². The summed E-state index contributed by atoms with van der Waals surface area (Å²) in [5.74, 6) is -0.194. The minimum Gasteiger partial charge on any atom is -0.344 e. The van der Waals surface area contributed by atoms with Crippen molar-refractivity contribution in [2.24, 2.45) is 5.92 Å². The van der Waals surface area contributed by atoms with E-state index < -0.39 is 6.04 Å². The molecule has 3 aromatic rings. The number of halogens is 1. The van der Waals surface area contributed by atoms with Gasteiger partial charge in [0.25, 0.3) is 5.56 Å². The summed E-state index contributed by atoms with van der Waals surface area (Å²) < 4.78 is 0. The van der Waals surface area contributed by atoms with E-state index in [1.807, 2.05) is 51.1 Å². The quantitative estimate of drug-likeness (QED) is 0.545. The van der Waals surface area contributed by atoms with Crippen LogP contribution in [0.25, 0.3) is 10.9 Å². The molecule has 0 saturated heterocycles. The third-order valence-electron chi connectivity index (χ3n) is 5.21. The summed E-state index contributed by atoms with van der Waals surface area (Å²) in [6.07, 6.45) is 0.198. The summed E-state index contributed by atoms with van der Waals surface area (Å²) >= 11 is 6.03. The molecule has 0 aliphatic heterocycles. The first-order chi connectivity index (χ1) is 15.3. The van der Waals surface area contributed by atoms with Crippen LogP contribution in [0.4, 0.5) is 0 Å². The van der Waals surface area contributed by atoms with Gasteiger partial charge in [0.05, 0.1) is 23.9 Å². The van der Waals surface area contributed by atoms with Crippen LogP contribution in [-0.4, -0.2) is 39.3 Å². The molecular weight excluding hydrogens is 428 g/mol. The highest BCUT2D eigenvalue weighted by Gasteiger charge is 2.28. The van der Waals surface area contributed by atoms with Gasteiger partial charge < -0.3 is 15.2 Å². The number of aromatic nitrogens is 2. The van der Waals surface area contributed by atoms with E-state index in [4.69, 9.17) is 11.6 Å². The van der Waals surface area contributed by atoms with Gasteiger partial charge in [-0.25, -0.2) is 4.98 Å². The number of hydrogen-bond acceptors (Lipinski definition) is 4. The Labute approximate surface area is 191 Å². The Bertz CT molecular complexity index is 1160. The minimum absolute atomic E-state index is 0.112. The summed E-state index contributed by atoms with van der Waals surface area (Å²) in [5.41, 5.74) is 1.06. The number of aromatic amines is 1. The molecule has 0 aliphatic rings. The van der Waals surface area contributed by atoms with Gasteiger partial charge in [-0.2, -0.15) is 0 Å². The van der Waals surface area contributed by atoms with Gasteiger partial charge in [0.2, 0.25) is 11.8 Å². The fourth-order valence-corrected chi connectivity index (χ4v) is 3.64. The van der Waals surface area contributed by atoms with Gasteiger partial charge in [-0.3, -0.25) is 14.4 Å². The zero-order valence-electron chi connectivity index (χ0n) is 18.4. The van der Waals surface area contributed by atoms with Crippen LogP contribution in [0.1, 0.15) is 32.2 Å². The molecule has 0 saturated carbocycles. The number of amides is 2. The average Bonchev–Trinajstić information content (AvgIpc) is 2.75. The first-order valence-electron chi connectivity index (χ1n) is 10.6. The average molecular weight is 455 g/mol. The summed E-state index contributed by atoms with van der Waals surface area (Å²) in [5, 5.41) is 3.78. The van der Waals surface area contributed by atoms with Gasteiger partial charge in [0, 0.05) is 11.6 Å². The molecule has 0 aliphatic carbocycles. The zero-order chi connectivity index (χ0) is 23.3. The zero-order valence-corrected chi connectivity index (χ0v) is 19.1. The molecule has 32 heavy (non-hydrogen) atoms. The Morgan fingerprint density at radius 2 is 1.88 bits per heavy atom. The van der Waals surface area contributed by atoms with Crippen molar-refractivity contribution in [1.82, 2.24) is 20.2 Å². The monoisotopic (exact) mass is 454 g/mol. The summed E-state index contributed by atoms with van der Waals surface area (Å²) in [6, 6.07) is 13.6. The molecule has 8 heteroatoms. The third kappa shape index (κ3) is 5.73. The summed E-state index contributed by atoms with van der Waals surface area (Å²) in [4.78, 5) is 47.0. The van der Waals surface area contributed by atoms with Gasteiger partial charge in [-0.15, -0.1) is 0 Å². The van der Waals surface area contributed by atoms with E-state index in [2.05, 4.69) is 15.3 Å². The molecule has 0 fully saturated rings. The topological polar surface area (TPSA) is 95.2 Å². The van der Waals surface area contributed by atoms with Gasteiger partial charge in [-0.05, 0) is 36.6 Å². The molecule has 2 aromatic carbocycles. The number of nitrogens with one attached hydrogen (secondary N) is 2. The number of rotatable bonds is 8. The van der Waals surface area contributed by atoms with Gasteiger partial charge >= 0.3 is 0 Å². The molecule has 1 atom stereocenters. The van der Waals surface area contributed by atoms with Gasteiger partial charge in [0.1, 0.15) is 11.9 Å². The molecule has 0 bridgehead atoms. The van der Waals surface area contributed by atoms with Crippen LogP contribution in [0.15, 0.2) is 53.3 Å². The number of carbonyl (C=O) groups excluding carboxylic acids is 2. The second kappa shape index (κ2) is 10.4. The fourth-order valence-electron chi connectivity index (χ4n) is 3.48. The van der Waals surface area contributed by atoms with E-state index in [1.54, 1.807) is 23.1 Å². The Hall–Kier alpha value is -3.19. The van der Waals surface area contributed by atoms with Gasteiger partial charge in [0.15, 0.2) is 0 Å².